The van der Waals surface area contributed by atoms with Gasteiger partial charge in [0.1, 0.15) is 24.5 Å². The maximum absolute atomic E-state index is 11.4. The van der Waals surface area contributed by atoms with E-state index in [9.17, 15) is 19.9 Å². The van der Waals surface area contributed by atoms with Gasteiger partial charge in [-0.15, -0.1) is 0 Å². The molecule has 0 fully saturated rings. The van der Waals surface area contributed by atoms with Gasteiger partial charge in [0, 0.05) is 25.7 Å². The van der Waals surface area contributed by atoms with Crippen molar-refractivity contribution in [2.45, 2.75) is 64.3 Å². The predicted molar refractivity (Wildman–Crippen MR) is 106 cm³/mol. The highest BCUT2D eigenvalue weighted by molar-refractivity contribution is 5.08. The Hall–Kier alpha value is -2.31. The minimum Gasteiger partial charge on any atom is -0.390 e. The van der Waals surface area contributed by atoms with Gasteiger partial charge in [-0.1, -0.05) is 15.3 Å². The fraction of sp³-hybridized carbons (Fsp3) is 0.812. The van der Waals surface area contributed by atoms with Crippen LogP contribution in [0.4, 0.5) is 5.95 Å². The van der Waals surface area contributed by atoms with E-state index in [-0.39, 0.29) is 12.5 Å². The summed E-state index contributed by atoms with van der Waals surface area (Å²) in [5.41, 5.74) is 2.02. The van der Waals surface area contributed by atoms with Crippen LogP contribution in [0.15, 0.2) is 22.7 Å². The lowest BCUT2D eigenvalue weighted by atomic mass is 9.95. The van der Waals surface area contributed by atoms with Gasteiger partial charge in [-0.2, -0.15) is 9.81 Å². The lowest BCUT2D eigenvalue weighted by Crippen LogP contribution is -2.57. The average Bonchev–Trinajstić information content (AvgIpc) is 3.06. The average molecular weight is 398 g/mol. The number of aromatic nitrogens is 2. The van der Waals surface area contributed by atoms with Gasteiger partial charge >= 0.3 is 5.95 Å². The molecular weight excluding hydrogens is 368 g/mol. The number of hydrogen-bond donors (Lipinski definition) is 2. The molecule has 0 aliphatic rings. The summed E-state index contributed by atoms with van der Waals surface area (Å²) in [4.78, 5) is 36.2. The molecule has 1 heterocycles. The van der Waals surface area contributed by atoms with Crippen LogP contribution in [0.3, 0.4) is 0 Å². The molecule has 12 nitrogen and oxygen atoms in total. The van der Waals surface area contributed by atoms with E-state index in [1.807, 2.05) is 39.8 Å². The molecule has 0 radical (unpaired) electrons. The van der Waals surface area contributed by atoms with Crippen molar-refractivity contribution < 1.29 is 4.92 Å². The van der Waals surface area contributed by atoms with Gasteiger partial charge in [0.2, 0.25) is 0 Å². The standard InChI is InChI=1S/C16H30N8O4/c1-12(19-25)15(2,3)21-22(6)9-8-18-16(4,5)13(20-26)11-23-10-7-17-14(23)24(27)28/h7,10,12-13,18,21H,8-9,11H2,1-6H3. The van der Waals surface area contributed by atoms with Crippen molar-refractivity contribution in [1.29, 1.82) is 0 Å². The van der Waals surface area contributed by atoms with Crippen molar-refractivity contribution in [3.05, 3.63) is 32.3 Å². The molecule has 28 heavy (non-hydrogen) atoms. The third-order valence-corrected chi connectivity index (χ3v) is 4.90. The van der Waals surface area contributed by atoms with Gasteiger partial charge in [0.05, 0.1) is 12.1 Å². The number of nitroso groups, excluding NO2 is 2. The molecule has 0 saturated heterocycles. The van der Waals surface area contributed by atoms with Crippen molar-refractivity contribution in [2.24, 2.45) is 10.4 Å². The minimum absolute atomic E-state index is 0.0451. The van der Waals surface area contributed by atoms with Crippen LogP contribution in [0.1, 0.15) is 34.6 Å². The van der Waals surface area contributed by atoms with Crippen LogP contribution >= 0.6 is 0 Å². The molecule has 1 rings (SSSR count). The fourth-order valence-corrected chi connectivity index (χ4v) is 2.63. The highest BCUT2D eigenvalue weighted by Gasteiger charge is 2.33. The van der Waals surface area contributed by atoms with Crippen LogP contribution in [0.2, 0.25) is 0 Å². The number of nitrogens with zero attached hydrogens (tertiary/aromatic N) is 6. The summed E-state index contributed by atoms with van der Waals surface area (Å²) in [6.45, 7) is 10.3. The number of nitrogens with one attached hydrogen (secondary N) is 2. The Morgan fingerprint density at radius 3 is 2.46 bits per heavy atom. The minimum atomic E-state index is -0.741. The summed E-state index contributed by atoms with van der Waals surface area (Å²) in [6, 6.07) is -1.15. The monoisotopic (exact) mass is 398 g/mol. The van der Waals surface area contributed by atoms with Crippen LogP contribution < -0.4 is 10.7 Å². The van der Waals surface area contributed by atoms with E-state index >= 15 is 0 Å². The Morgan fingerprint density at radius 1 is 1.29 bits per heavy atom. The predicted octanol–water partition coefficient (Wildman–Crippen LogP) is 1.66. The molecule has 0 aromatic carbocycles. The first-order valence-electron chi connectivity index (χ1n) is 8.99. The van der Waals surface area contributed by atoms with E-state index in [2.05, 4.69) is 26.1 Å². The normalized spacial score (nSPS) is 14.7. The zero-order chi connectivity index (χ0) is 21.5. The van der Waals surface area contributed by atoms with Gasteiger partial charge in [0.15, 0.2) is 0 Å². The molecule has 0 aliphatic carbocycles. The Balaban J connectivity index is 2.63. The molecule has 0 bridgehead atoms. The second kappa shape index (κ2) is 9.75. The summed E-state index contributed by atoms with van der Waals surface area (Å²) in [6.07, 6.45) is 2.77. The zero-order valence-corrected chi connectivity index (χ0v) is 17.2. The SMILES string of the molecule is CC(N=O)C(C)(C)NN(C)CCNC(C)(C)C(Cn1ccnc1[N+](=O)[O-])N=O. The highest BCUT2D eigenvalue weighted by Crippen LogP contribution is 2.18. The lowest BCUT2D eigenvalue weighted by Gasteiger charge is -2.35. The molecule has 1 aromatic rings. The van der Waals surface area contributed by atoms with Crippen molar-refractivity contribution in [2.75, 3.05) is 20.1 Å². The van der Waals surface area contributed by atoms with Gasteiger partial charge < -0.3 is 15.4 Å². The van der Waals surface area contributed by atoms with Gasteiger partial charge in [-0.25, -0.2) is 15.0 Å². The molecule has 2 atom stereocenters. The van der Waals surface area contributed by atoms with Crippen molar-refractivity contribution in [1.82, 2.24) is 25.3 Å². The molecule has 158 valence electrons. The Labute approximate surface area is 164 Å². The van der Waals surface area contributed by atoms with E-state index < -0.39 is 28.1 Å². The van der Waals surface area contributed by atoms with Crippen molar-refractivity contribution >= 4 is 5.95 Å². The topological polar surface area (TPSA) is 147 Å². The van der Waals surface area contributed by atoms with Crippen molar-refractivity contribution in [3.8, 4) is 0 Å². The van der Waals surface area contributed by atoms with Gasteiger partial charge in [0.25, 0.3) is 0 Å². The first kappa shape index (κ1) is 23.7. The largest absolute Gasteiger partial charge is 0.434 e. The summed E-state index contributed by atoms with van der Waals surface area (Å²) >= 11 is 0. The van der Waals surface area contributed by atoms with E-state index in [4.69, 9.17) is 0 Å². The fourth-order valence-electron chi connectivity index (χ4n) is 2.63. The number of imidazole rings is 1. The van der Waals surface area contributed by atoms with Crippen LogP contribution in [-0.4, -0.2) is 62.8 Å². The molecule has 1 aromatic heterocycles. The summed E-state index contributed by atoms with van der Waals surface area (Å²) in [5, 5.41) is 22.3. The maximum atomic E-state index is 11.4. The maximum Gasteiger partial charge on any atom is 0.434 e. The molecule has 0 aliphatic heterocycles. The number of rotatable bonds is 13. The van der Waals surface area contributed by atoms with Crippen LogP contribution in [0.5, 0.6) is 0 Å². The summed E-state index contributed by atoms with van der Waals surface area (Å²) < 4.78 is 1.31. The first-order valence-corrected chi connectivity index (χ1v) is 8.99. The number of likely N-dealkylation sites (N-methyl/N-ethyl adjacent to an activating group) is 1. The molecule has 12 heteroatoms. The molecule has 0 saturated carbocycles. The Morgan fingerprint density at radius 2 is 1.93 bits per heavy atom. The summed E-state index contributed by atoms with van der Waals surface area (Å²) in [7, 11) is 1.85. The molecule has 0 amide bonds. The quantitative estimate of drug-likeness (QED) is 0.290. The summed E-state index contributed by atoms with van der Waals surface area (Å²) in [5.74, 6) is -0.325. The second-order valence-electron chi connectivity index (χ2n) is 7.94. The van der Waals surface area contributed by atoms with Crippen LogP contribution in [0.25, 0.3) is 0 Å². The zero-order valence-electron chi connectivity index (χ0n) is 17.2. The highest BCUT2D eigenvalue weighted by atomic mass is 16.6. The molecular formula is C16H30N8O4. The number of hydrazine groups is 1. The van der Waals surface area contributed by atoms with E-state index in [0.29, 0.717) is 13.1 Å². The number of nitro groups is 1. The molecule has 2 unspecified atom stereocenters. The Bertz CT molecular complexity index is 675. The Kier molecular flexibility index (Phi) is 8.27. The first-order chi connectivity index (χ1) is 12.9. The van der Waals surface area contributed by atoms with E-state index in [1.165, 1.54) is 17.0 Å². The molecule has 0 spiro atoms. The smallest absolute Gasteiger partial charge is 0.390 e. The third kappa shape index (κ3) is 6.39. The van der Waals surface area contributed by atoms with Gasteiger partial charge in [-0.05, 0) is 39.5 Å². The van der Waals surface area contributed by atoms with Crippen LogP contribution in [0, 0.1) is 19.9 Å². The second-order valence-corrected chi connectivity index (χ2v) is 7.94. The number of hydrogen-bond acceptors (Lipinski definition) is 10. The lowest BCUT2D eigenvalue weighted by molar-refractivity contribution is -0.396. The van der Waals surface area contributed by atoms with Crippen LogP contribution in [-0.2, 0) is 6.54 Å². The van der Waals surface area contributed by atoms with E-state index in [1.54, 1.807) is 6.92 Å². The third-order valence-electron chi connectivity index (χ3n) is 4.90. The molecule has 2 N–H and O–H groups in total. The van der Waals surface area contributed by atoms with Crippen molar-refractivity contribution in [3.63, 3.8) is 0 Å². The van der Waals surface area contributed by atoms with Gasteiger partial charge in [-0.3, -0.25) is 0 Å². The van der Waals surface area contributed by atoms with E-state index in [0.717, 1.165) is 0 Å².